The molecule has 6 aromatic rings. The molecule has 0 aromatic heterocycles. The number of sulfonamides is 2. The number of halogens is 6. The van der Waals surface area contributed by atoms with Crippen LogP contribution >= 0.6 is 0 Å². The van der Waals surface area contributed by atoms with Crippen LogP contribution in [0.2, 0.25) is 0 Å². The lowest BCUT2D eigenvalue weighted by atomic mass is 9.80. The summed E-state index contributed by atoms with van der Waals surface area (Å²) in [5.74, 6) is 0. The highest BCUT2D eigenvalue weighted by Gasteiger charge is 2.47. The van der Waals surface area contributed by atoms with Gasteiger partial charge >= 0.3 is 11.0 Å². The molecule has 0 unspecified atom stereocenters. The van der Waals surface area contributed by atoms with E-state index in [0.717, 1.165) is 28.3 Å². The highest BCUT2D eigenvalue weighted by molar-refractivity contribution is 8.13. The largest absolute Gasteiger partial charge is 0.480 e. The van der Waals surface area contributed by atoms with Crippen molar-refractivity contribution in [2.45, 2.75) is 62.4 Å². The van der Waals surface area contributed by atoms with Gasteiger partial charge in [-0.3, -0.25) is 0 Å². The van der Waals surface area contributed by atoms with Crippen molar-refractivity contribution in [3.63, 3.8) is 0 Å². The summed E-state index contributed by atoms with van der Waals surface area (Å²) in [5.41, 5.74) is 1.61. The van der Waals surface area contributed by atoms with Crippen LogP contribution < -0.4 is 9.80 Å². The molecule has 2 heterocycles. The Hall–Kier alpha value is -6.49. The van der Waals surface area contributed by atoms with Gasteiger partial charge in [-0.1, -0.05) is 129 Å². The number of rotatable bonds is 8. The Morgan fingerprint density at radius 2 is 1.10 bits per heavy atom. The molecular weight excluding hydrogens is 935 g/mol. The number of anilines is 3. The smallest absolute Gasteiger partial charge is 0.421 e. The number of alkyl halides is 6. The van der Waals surface area contributed by atoms with Crippen molar-refractivity contribution in [2.75, 3.05) is 23.9 Å². The molecule has 9 rings (SSSR count). The van der Waals surface area contributed by atoms with E-state index < -0.39 is 31.1 Å². The van der Waals surface area contributed by atoms with Crippen LogP contribution in [0.3, 0.4) is 0 Å². The predicted octanol–water partition coefficient (Wildman–Crippen LogP) is 13.7. The van der Waals surface area contributed by atoms with Gasteiger partial charge in [-0.15, -0.1) is 0 Å². The molecule has 0 radical (unpaired) electrons. The molecule has 8 nitrogen and oxygen atoms in total. The van der Waals surface area contributed by atoms with E-state index in [2.05, 4.69) is 214 Å². The first kappa shape index (κ1) is 48.9. The first-order valence-electron chi connectivity index (χ1n) is 21.9. The van der Waals surface area contributed by atoms with Crippen molar-refractivity contribution in [2.24, 2.45) is 0 Å². The number of allylic oxidation sites excluding steroid dienone is 7. The highest BCUT2D eigenvalue weighted by atomic mass is 32.3. The summed E-state index contributed by atoms with van der Waals surface area (Å²) >= 11 is 0. The van der Waals surface area contributed by atoms with Crippen molar-refractivity contribution in [3.8, 4) is 0 Å². The standard InChI is InChI=1S/C51H48N3.C2F6NO4S2/c1-50(2)43-31-27-35-17-13-15-23-41(35)48(43)52(5)45(50)33-29-37-25-26-38(47(37)54(39-19-9-7-10-20-39)40-21-11-8-12-22-40)30-34-46-51(3,4)44-32-28-36-18-14-16-24-42(36)49(44)53(46)6;3-1(4,5)14(10,11)9-15(12,13)2(6,7)8/h7-24,27-34H,25-26H2,1-6H3;/q+1;-1. The van der Waals surface area contributed by atoms with E-state index in [9.17, 15) is 43.2 Å². The lowest BCUT2D eigenvalue weighted by molar-refractivity contribution is -0.399. The molecule has 0 bridgehead atoms. The fourth-order valence-corrected chi connectivity index (χ4v) is 11.4. The maximum Gasteiger partial charge on any atom is 0.480 e. The first-order chi connectivity index (χ1) is 32.4. The van der Waals surface area contributed by atoms with Crippen molar-refractivity contribution in [1.82, 2.24) is 0 Å². The fourth-order valence-electron chi connectivity index (χ4n) is 9.70. The molecule has 0 saturated heterocycles. The van der Waals surface area contributed by atoms with Gasteiger partial charge in [0.2, 0.25) is 5.69 Å². The van der Waals surface area contributed by atoms with E-state index in [1.54, 1.807) is 0 Å². The van der Waals surface area contributed by atoms with E-state index >= 15 is 0 Å². The number of hydrogen-bond acceptors (Lipinski definition) is 6. The van der Waals surface area contributed by atoms with E-state index in [4.69, 9.17) is 0 Å². The Morgan fingerprint density at radius 3 is 1.65 bits per heavy atom. The van der Waals surface area contributed by atoms with Crippen LogP contribution in [0.4, 0.5) is 49.1 Å². The first-order valence-corrected chi connectivity index (χ1v) is 24.7. The maximum absolute atomic E-state index is 11.4. The van der Waals surface area contributed by atoms with Crippen LogP contribution in [0.1, 0.15) is 51.7 Å². The molecule has 1 aliphatic carbocycles. The minimum atomic E-state index is -6.72. The van der Waals surface area contributed by atoms with Gasteiger partial charge in [0.25, 0.3) is 0 Å². The molecule has 0 atom stereocenters. The molecule has 0 fully saturated rings. The molecule has 69 heavy (non-hydrogen) atoms. The second-order valence-corrected chi connectivity index (χ2v) is 21.4. The second-order valence-electron chi connectivity index (χ2n) is 18.0. The van der Waals surface area contributed by atoms with Crippen molar-refractivity contribution < 1.29 is 47.8 Å². The van der Waals surface area contributed by atoms with Crippen molar-refractivity contribution >= 4 is 70.1 Å². The number of fused-ring (bicyclic) bond motifs is 6. The van der Waals surface area contributed by atoms with Crippen molar-refractivity contribution in [1.29, 1.82) is 0 Å². The van der Waals surface area contributed by atoms with Gasteiger partial charge in [-0.2, -0.15) is 30.9 Å². The highest BCUT2D eigenvalue weighted by Crippen LogP contribution is 2.51. The Labute approximate surface area is 398 Å². The summed E-state index contributed by atoms with van der Waals surface area (Å²) in [6.45, 7) is 9.47. The van der Waals surface area contributed by atoms with Crippen molar-refractivity contribution in [3.05, 3.63) is 196 Å². The number of likely N-dealkylation sites (N-methyl/N-ethyl adjacent to an activating group) is 1. The lowest BCUT2D eigenvalue weighted by Gasteiger charge is -2.29. The quantitative estimate of drug-likeness (QED) is 0.111. The second kappa shape index (κ2) is 17.8. The van der Waals surface area contributed by atoms with Gasteiger partial charge in [0.05, 0.1) is 22.2 Å². The topological polar surface area (TPSA) is 91.9 Å². The molecule has 3 aliphatic rings. The lowest BCUT2D eigenvalue weighted by Crippen LogP contribution is -2.30. The van der Waals surface area contributed by atoms with Gasteiger partial charge in [0.15, 0.2) is 25.8 Å². The van der Waals surface area contributed by atoms with Gasteiger partial charge in [0.1, 0.15) is 7.05 Å². The summed E-state index contributed by atoms with van der Waals surface area (Å²) < 4.78 is 112. The van der Waals surface area contributed by atoms with Crippen LogP contribution in [0, 0.1) is 0 Å². The summed E-state index contributed by atoms with van der Waals surface area (Å²) in [7, 11) is -8.97. The average Bonchev–Trinajstić information content (AvgIpc) is 3.84. The van der Waals surface area contributed by atoms with E-state index in [0.29, 0.717) is 0 Å². The molecule has 2 aliphatic heterocycles. The average molecular weight is 983 g/mol. The normalized spacial score (nSPS) is 18.1. The zero-order valence-corrected chi connectivity index (χ0v) is 40.1. The van der Waals surface area contributed by atoms with E-state index in [1.165, 1.54) is 72.3 Å². The Kier molecular flexibility index (Phi) is 12.6. The predicted molar refractivity (Wildman–Crippen MR) is 263 cm³/mol. The third-order valence-corrected chi connectivity index (χ3v) is 15.8. The van der Waals surface area contributed by atoms with Crippen LogP contribution in [-0.2, 0) is 30.9 Å². The molecule has 0 saturated carbocycles. The summed E-state index contributed by atoms with van der Waals surface area (Å²) in [4.78, 5) is 4.90. The molecule has 358 valence electrons. The summed E-state index contributed by atoms with van der Waals surface area (Å²) in [6.07, 6.45) is 11.6. The number of hydrogen-bond donors (Lipinski definition) is 0. The molecule has 16 heteroatoms. The van der Waals surface area contributed by atoms with Crippen LogP contribution in [0.15, 0.2) is 180 Å². The van der Waals surface area contributed by atoms with Gasteiger partial charge < -0.3 is 13.9 Å². The maximum atomic E-state index is 11.4. The monoisotopic (exact) mass is 982 g/mol. The third-order valence-electron chi connectivity index (χ3n) is 13.0. The van der Waals surface area contributed by atoms with Crippen LogP contribution in [0.25, 0.3) is 25.7 Å². The Morgan fingerprint density at radius 1 is 0.609 bits per heavy atom. The zero-order valence-electron chi connectivity index (χ0n) is 38.4. The van der Waals surface area contributed by atoms with Gasteiger partial charge in [-0.25, -0.2) is 16.8 Å². The SMILES string of the molecule is CN1C(=C/C=C2\CCC(/C=C/C3=[N+](C)c4c(ccc5ccccc45)C3(C)C)=C2N(c2ccccc2)c2ccccc2)C(C)(C)c2ccc3ccccc3c21.O=S(=O)([N-]S(=O)(=O)C(F)(F)F)C(F)(F)F. The van der Waals surface area contributed by atoms with E-state index in [-0.39, 0.29) is 10.8 Å². The molecule has 0 amide bonds. The fraction of sp³-hybridized carbons (Fsp3) is 0.226. The molecule has 6 aromatic carbocycles. The van der Waals surface area contributed by atoms with Crippen LogP contribution in [0.5, 0.6) is 0 Å². The van der Waals surface area contributed by atoms with Gasteiger partial charge in [-0.05, 0) is 90.6 Å². The number of nitrogens with zero attached hydrogens (tertiary/aromatic N) is 4. The Bertz CT molecular complexity index is 3310. The van der Waals surface area contributed by atoms with Gasteiger partial charge in [0, 0.05) is 46.6 Å². The molecule has 0 spiro atoms. The molecule has 0 N–H and O–H groups in total. The van der Waals surface area contributed by atoms with Crippen LogP contribution in [-0.4, -0.2) is 52.2 Å². The third kappa shape index (κ3) is 8.89. The molecular formula is C53H48F6N4O4S2. The minimum absolute atomic E-state index is 0.136. The number of para-hydroxylation sites is 2. The Balaban J connectivity index is 0.000000371. The minimum Gasteiger partial charge on any atom is -0.421 e. The summed E-state index contributed by atoms with van der Waals surface area (Å²) in [5, 5.41) is 5.18. The summed E-state index contributed by atoms with van der Waals surface area (Å²) in [6, 6.07) is 48.5. The van der Waals surface area contributed by atoms with E-state index in [1.807, 2.05) is 0 Å². The number of benzene rings is 6. The zero-order chi connectivity index (χ0) is 49.9.